The zero-order chi connectivity index (χ0) is 27.0. The van der Waals surface area contributed by atoms with E-state index in [1.165, 1.54) is 44.9 Å². The largest absolute Gasteiger partial charge is 0.461 e. The summed E-state index contributed by atoms with van der Waals surface area (Å²) in [6.07, 6.45) is 13.4. The lowest BCUT2D eigenvalue weighted by Crippen LogP contribution is -2.55. The van der Waals surface area contributed by atoms with E-state index in [9.17, 15) is 4.79 Å². The standard InChI is InChI=1S/C33H55NO4/c1-7-20(3)29(34)30(35)37-23-11-13-31(5)22(16-23)8-9-24-25(31)12-14-32(6)26(24)17-27-28(32)21(4)33(38-27)15-10-19(2)18-36-33/h19-29H,7-18,34H2,1-6H3/t19-,20?,21?,22?,23+,24?,25?,26?,27?,28?,29?,31+,32+,33-/m1/s1. The Morgan fingerprint density at radius 3 is 2.47 bits per heavy atom. The summed E-state index contributed by atoms with van der Waals surface area (Å²) in [5.74, 6) is 4.51. The minimum atomic E-state index is -0.493. The van der Waals surface area contributed by atoms with E-state index >= 15 is 0 Å². The maximum atomic E-state index is 12.7. The van der Waals surface area contributed by atoms with Crippen LogP contribution >= 0.6 is 0 Å². The van der Waals surface area contributed by atoms with Crippen LogP contribution in [-0.2, 0) is 19.0 Å². The van der Waals surface area contributed by atoms with Crippen LogP contribution in [0.1, 0.15) is 112 Å². The third kappa shape index (κ3) is 4.06. The molecule has 0 radical (unpaired) electrons. The predicted octanol–water partition coefficient (Wildman–Crippen LogP) is 6.72. The Labute approximate surface area is 231 Å². The van der Waals surface area contributed by atoms with Crippen LogP contribution < -0.4 is 5.73 Å². The number of rotatable bonds is 4. The number of hydrogen-bond donors (Lipinski definition) is 1. The van der Waals surface area contributed by atoms with E-state index in [1.807, 2.05) is 6.92 Å². The van der Waals surface area contributed by atoms with Crippen LogP contribution in [0.15, 0.2) is 0 Å². The number of fused-ring (bicyclic) bond motifs is 7. The molecule has 14 atom stereocenters. The Balaban J connectivity index is 1.13. The van der Waals surface area contributed by atoms with Gasteiger partial charge >= 0.3 is 5.97 Å². The van der Waals surface area contributed by atoms with Crippen LogP contribution in [0.4, 0.5) is 0 Å². The maximum Gasteiger partial charge on any atom is 0.323 e. The van der Waals surface area contributed by atoms with Crippen molar-refractivity contribution in [2.75, 3.05) is 6.61 Å². The molecule has 1 spiro atoms. The number of ether oxygens (including phenoxy) is 3. The van der Waals surface area contributed by atoms with E-state index in [0.29, 0.717) is 40.6 Å². The molecule has 5 heteroatoms. The molecule has 0 aromatic rings. The van der Waals surface area contributed by atoms with Gasteiger partial charge in [-0.15, -0.1) is 0 Å². The van der Waals surface area contributed by atoms with E-state index in [0.717, 1.165) is 50.0 Å². The lowest BCUT2D eigenvalue weighted by Gasteiger charge is -2.61. The van der Waals surface area contributed by atoms with Gasteiger partial charge in [-0.05, 0) is 110 Å². The van der Waals surface area contributed by atoms with Crippen LogP contribution in [0.25, 0.3) is 0 Å². The van der Waals surface area contributed by atoms with Gasteiger partial charge in [-0.25, -0.2) is 0 Å². The fraction of sp³-hybridized carbons (Fsp3) is 0.970. The van der Waals surface area contributed by atoms with E-state index < -0.39 is 6.04 Å². The van der Waals surface area contributed by atoms with Gasteiger partial charge in [-0.1, -0.05) is 48.0 Å². The molecule has 2 saturated heterocycles. The average Bonchev–Trinajstić information content (AvgIpc) is 3.35. The van der Waals surface area contributed by atoms with Crippen molar-refractivity contribution in [3.63, 3.8) is 0 Å². The molecular formula is C33H55NO4. The van der Waals surface area contributed by atoms with Gasteiger partial charge in [0.25, 0.3) is 0 Å². The summed E-state index contributed by atoms with van der Waals surface area (Å²) >= 11 is 0. The summed E-state index contributed by atoms with van der Waals surface area (Å²) in [6.45, 7) is 15.0. The van der Waals surface area contributed by atoms with Gasteiger partial charge in [0, 0.05) is 12.3 Å². The Hall–Kier alpha value is -0.650. The molecule has 2 aliphatic heterocycles. The minimum absolute atomic E-state index is 0.0515. The monoisotopic (exact) mass is 529 g/mol. The first-order chi connectivity index (χ1) is 18.0. The zero-order valence-corrected chi connectivity index (χ0v) is 25.0. The topological polar surface area (TPSA) is 70.8 Å². The van der Waals surface area contributed by atoms with Crippen LogP contribution in [0, 0.1) is 58.2 Å². The van der Waals surface area contributed by atoms with Crippen molar-refractivity contribution in [1.82, 2.24) is 0 Å². The summed E-state index contributed by atoms with van der Waals surface area (Å²) in [7, 11) is 0. The molecule has 6 rings (SSSR count). The second kappa shape index (κ2) is 9.72. The van der Waals surface area contributed by atoms with Gasteiger partial charge in [0.2, 0.25) is 0 Å². The number of carbonyl (C=O) groups is 1. The molecule has 2 N–H and O–H groups in total. The highest BCUT2D eigenvalue weighted by atomic mass is 16.7. The van der Waals surface area contributed by atoms with E-state index in [2.05, 4.69) is 34.6 Å². The van der Waals surface area contributed by atoms with E-state index in [-0.39, 0.29) is 23.8 Å². The highest BCUT2D eigenvalue weighted by Crippen LogP contribution is 2.71. The summed E-state index contributed by atoms with van der Waals surface area (Å²) < 4.78 is 19.5. The van der Waals surface area contributed by atoms with Gasteiger partial charge in [0.1, 0.15) is 12.1 Å². The molecular weight excluding hydrogens is 474 g/mol. The fourth-order valence-corrected chi connectivity index (χ4v) is 11.1. The van der Waals surface area contributed by atoms with Crippen LogP contribution in [0.3, 0.4) is 0 Å². The molecule has 216 valence electrons. The van der Waals surface area contributed by atoms with E-state index in [1.54, 1.807) is 0 Å². The molecule has 5 nitrogen and oxygen atoms in total. The second-order valence-corrected chi connectivity index (χ2v) is 15.4. The highest BCUT2D eigenvalue weighted by molar-refractivity contribution is 5.76. The third-order valence-electron chi connectivity index (χ3n) is 13.7. The van der Waals surface area contributed by atoms with Crippen molar-refractivity contribution < 1.29 is 19.0 Å². The molecule has 38 heavy (non-hydrogen) atoms. The molecule has 6 aliphatic rings. The highest BCUT2D eigenvalue weighted by Gasteiger charge is 2.69. The maximum absolute atomic E-state index is 12.7. The summed E-state index contributed by atoms with van der Waals surface area (Å²) in [4.78, 5) is 12.7. The Kier molecular flexibility index (Phi) is 7.04. The fourth-order valence-electron chi connectivity index (χ4n) is 11.1. The number of esters is 1. The predicted molar refractivity (Wildman–Crippen MR) is 149 cm³/mol. The molecule has 4 saturated carbocycles. The molecule has 4 aliphatic carbocycles. The van der Waals surface area contributed by atoms with Gasteiger partial charge in [0.05, 0.1) is 12.7 Å². The van der Waals surface area contributed by atoms with Crippen LogP contribution in [0.5, 0.6) is 0 Å². The van der Waals surface area contributed by atoms with Crippen LogP contribution in [-0.4, -0.2) is 36.6 Å². The van der Waals surface area contributed by atoms with Gasteiger partial charge in [-0.3, -0.25) is 4.79 Å². The van der Waals surface area contributed by atoms with Crippen LogP contribution in [0.2, 0.25) is 0 Å². The smallest absolute Gasteiger partial charge is 0.323 e. The molecule has 0 amide bonds. The summed E-state index contributed by atoms with van der Waals surface area (Å²) in [6, 6.07) is -0.493. The SMILES string of the molecule is CCC(C)C(N)C(=O)O[C@H]1CC[C@@]2(C)C(CCC3C2CC[C@@]2(C)C3CC3O[C@]4(CC[C@@H](C)CO4)C(C)C32)C1. The van der Waals surface area contributed by atoms with Crippen molar-refractivity contribution in [2.45, 2.75) is 136 Å². The molecule has 6 fully saturated rings. The zero-order valence-electron chi connectivity index (χ0n) is 25.0. The third-order valence-corrected chi connectivity index (χ3v) is 13.7. The summed E-state index contributed by atoms with van der Waals surface area (Å²) in [5, 5.41) is 0. The Morgan fingerprint density at radius 2 is 1.76 bits per heavy atom. The molecule has 0 aromatic carbocycles. The van der Waals surface area contributed by atoms with Crippen molar-refractivity contribution in [3.05, 3.63) is 0 Å². The normalized spacial score (nSPS) is 53.4. The second-order valence-electron chi connectivity index (χ2n) is 15.4. The Morgan fingerprint density at radius 1 is 1.00 bits per heavy atom. The van der Waals surface area contributed by atoms with Gasteiger partial charge < -0.3 is 19.9 Å². The molecule has 0 aromatic heterocycles. The number of carbonyl (C=O) groups excluding carboxylic acids is 1. The molecule has 2 heterocycles. The lowest BCUT2D eigenvalue weighted by atomic mass is 9.44. The lowest BCUT2D eigenvalue weighted by molar-refractivity contribution is -0.273. The average molecular weight is 530 g/mol. The first-order valence-corrected chi connectivity index (χ1v) is 16.3. The first kappa shape index (κ1) is 27.5. The van der Waals surface area contributed by atoms with Crippen molar-refractivity contribution in [3.8, 4) is 0 Å². The van der Waals surface area contributed by atoms with Crippen molar-refractivity contribution in [2.24, 2.45) is 63.9 Å². The minimum Gasteiger partial charge on any atom is -0.461 e. The van der Waals surface area contributed by atoms with Crippen molar-refractivity contribution in [1.29, 1.82) is 0 Å². The number of nitrogens with two attached hydrogens (primary N) is 1. The Bertz CT molecular complexity index is 899. The molecule has 0 bridgehead atoms. The van der Waals surface area contributed by atoms with Crippen molar-refractivity contribution >= 4 is 5.97 Å². The number of hydrogen-bond acceptors (Lipinski definition) is 5. The molecule has 9 unspecified atom stereocenters. The van der Waals surface area contributed by atoms with Gasteiger partial charge in [0.15, 0.2) is 5.79 Å². The van der Waals surface area contributed by atoms with E-state index in [4.69, 9.17) is 19.9 Å². The first-order valence-electron chi connectivity index (χ1n) is 16.3. The quantitative estimate of drug-likeness (QED) is 0.410. The summed E-state index contributed by atoms with van der Waals surface area (Å²) in [5.41, 5.74) is 6.96. The van der Waals surface area contributed by atoms with Gasteiger partial charge in [-0.2, -0.15) is 0 Å².